The van der Waals surface area contributed by atoms with Crippen molar-refractivity contribution in [1.82, 2.24) is 0 Å². The predicted molar refractivity (Wildman–Crippen MR) is 127 cm³/mol. The molecule has 0 atom stereocenters. The summed E-state index contributed by atoms with van der Waals surface area (Å²) in [5, 5.41) is 0.503. The number of hydrogen-bond donors (Lipinski definition) is 0. The molecule has 1 aromatic heterocycles. The van der Waals surface area contributed by atoms with Crippen LogP contribution in [0.1, 0.15) is 23.0 Å². The Kier molecular flexibility index (Phi) is 6.81. The van der Waals surface area contributed by atoms with E-state index in [9.17, 15) is 14.0 Å². The number of fused-ring (bicyclic) bond motifs is 1. The lowest BCUT2D eigenvalue weighted by atomic mass is 10.0. The van der Waals surface area contributed by atoms with Gasteiger partial charge < -0.3 is 13.9 Å². The molecule has 4 rings (SSSR count). The van der Waals surface area contributed by atoms with Crippen molar-refractivity contribution in [2.45, 2.75) is 13.5 Å². The highest BCUT2D eigenvalue weighted by Gasteiger charge is 2.23. The Hall–Kier alpha value is -3.16. The Labute approximate surface area is 201 Å². The summed E-state index contributed by atoms with van der Waals surface area (Å²) in [6.45, 7) is 1.66. The van der Waals surface area contributed by atoms with E-state index >= 15 is 0 Å². The highest BCUT2D eigenvalue weighted by atomic mass is 79.9. The van der Waals surface area contributed by atoms with Crippen molar-refractivity contribution in [2.75, 3.05) is 6.61 Å². The third-order valence-corrected chi connectivity index (χ3v) is 5.79. The van der Waals surface area contributed by atoms with E-state index in [2.05, 4.69) is 15.9 Å². The monoisotopic (exact) mass is 530 g/mol. The van der Waals surface area contributed by atoms with Crippen LogP contribution in [0.3, 0.4) is 0 Å². The van der Waals surface area contributed by atoms with Crippen molar-refractivity contribution in [3.63, 3.8) is 0 Å². The highest BCUT2D eigenvalue weighted by molar-refractivity contribution is 9.10. The molecule has 1 heterocycles. The molecule has 0 spiro atoms. The van der Waals surface area contributed by atoms with Gasteiger partial charge in [0.1, 0.15) is 23.8 Å². The zero-order valence-electron chi connectivity index (χ0n) is 17.4. The minimum atomic E-state index is -0.751. The summed E-state index contributed by atoms with van der Waals surface area (Å²) in [4.78, 5) is 26.0. The van der Waals surface area contributed by atoms with Crippen LogP contribution in [0.15, 0.2) is 74.3 Å². The van der Waals surface area contributed by atoms with Crippen LogP contribution in [-0.2, 0) is 11.3 Å². The molecule has 0 unspecified atom stereocenters. The number of rotatable bonds is 6. The van der Waals surface area contributed by atoms with Crippen molar-refractivity contribution in [3.05, 3.63) is 97.5 Å². The maximum atomic E-state index is 14.0. The Bertz CT molecular complexity index is 1380. The Balaban J connectivity index is 1.78. The van der Waals surface area contributed by atoms with E-state index in [1.807, 2.05) is 0 Å². The summed E-state index contributed by atoms with van der Waals surface area (Å²) in [7, 11) is 0. The van der Waals surface area contributed by atoms with Gasteiger partial charge in [0.2, 0.25) is 11.2 Å². The number of carbonyl (C=O) groups excluding carboxylic acids is 1. The van der Waals surface area contributed by atoms with Crippen molar-refractivity contribution in [1.29, 1.82) is 0 Å². The number of halogens is 3. The normalized spacial score (nSPS) is 10.9. The van der Waals surface area contributed by atoms with Crippen LogP contribution in [0, 0.1) is 5.82 Å². The van der Waals surface area contributed by atoms with Crippen molar-refractivity contribution >= 4 is 44.5 Å². The topological polar surface area (TPSA) is 65.7 Å². The molecule has 0 fully saturated rings. The number of carbonyl (C=O) groups is 1. The van der Waals surface area contributed by atoms with Crippen LogP contribution in [-0.4, -0.2) is 12.6 Å². The minimum Gasteiger partial charge on any atom is -0.489 e. The van der Waals surface area contributed by atoms with Crippen molar-refractivity contribution in [3.8, 4) is 16.9 Å². The second kappa shape index (κ2) is 9.77. The van der Waals surface area contributed by atoms with Crippen LogP contribution in [0.5, 0.6) is 5.75 Å². The Morgan fingerprint density at radius 1 is 1.12 bits per heavy atom. The van der Waals surface area contributed by atoms with Crippen LogP contribution in [0.2, 0.25) is 5.02 Å². The molecule has 4 aromatic rings. The summed E-state index contributed by atoms with van der Waals surface area (Å²) >= 11 is 9.41. The number of ether oxygens (including phenoxy) is 2. The maximum absolute atomic E-state index is 14.0. The van der Waals surface area contributed by atoms with E-state index in [0.717, 1.165) is 4.47 Å². The van der Waals surface area contributed by atoms with Gasteiger partial charge in [0.15, 0.2) is 0 Å². The first-order valence-corrected chi connectivity index (χ1v) is 11.2. The first-order valence-electron chi connectivity index (χ1n) is 9.98. The number of benzene rings is 3. The highest BCUT2D eigenvalue weighted by Crippen LogP contribution is 2.29. The third kappa shape index (κ3) is 4.79. The van der Waals surface area contributed by atoms with Crippen LogP contribution >= 0.6 is 27.5 Å². The first kappa shape index (κ1) is 23.0. The second-order valence-electron chi connectivity index (χ2n) is 7.01. The fourth-order valence-electron chi connectivity index (χ4n) is 3.31. The van der Waals surface area contributed by atoms with Crippen molar-refractivity contribution < 1.29 is 23.1 Å². The quantitative estimate of drug-likeness (QED) is 0.257. The second-order valence-corrected chi connectivity index (χ2v) is 8.33. The van der Waals surface area contributed by atoms with Gasteiger partial charge in [-0.05, 0) is 48.9 Å². The molecule has 0 N–H and O–H groups in total. The largest absolute Gasteiger partial charge is 0.489 e. The molecule has 5 nitrogen and oxygen atoms in total. The zero-order chi connectivity index (χ0) is 23.5. The van der Waals surface area contributed by atoms with E-state index < -0.39 is 11.8 Å². The lowest BCUT2D eigenvalue weighted by Crippen LogP contribution is -2.15. The average molecular weight is 532 g/mol. The van der Waals surface area contributed by atoms with Gasteiger partial charge in [-0.15, -0.1) is 0 Å². The fourth-order valence-corrected chi connectivity index (χ4v) is 3.79. The molecule has 0 aliphatic rings. The molecule has 0 amide bonds. The molecule has 0 bridgehead atoms. The summed E-state index contributed by atoms with van der Waals surface area (Å²) in [6.07, 6.45) is 0. The minimum absolute atomic E-state index is 0.111. The molecule has 0 aliphatic heterocycles. The Morgan fingerprint density at radius 3 is 2.58 bits per heavy atom. The molecule has 33 heavy (non-hydrogen) atoms. The lowest BCUT2D eigenvalue weighted by molar-refractivity contribution is 0.0492. The summed E-state index contributed by atoms with van der Waals surface area (Å²) in [5.74, 6) is -1.13. The van der Waals surface area contributed by atoms with Gasteiger partial charge in [0.05, 0.1) is 22.6 Å². The SMILES string of the molecule is CCOC(=O)c1oc2cc(OCc3c(F)cccc3Cl)ccc2c(=O)c1-c1ccc(Br)cc1. The first-order chi connectivity index (χ1) is 15.9. The maximum Gasteiger partial charge on any atom is 0.375 e. The average Bonchev–Trinajstić information content (AvgIpc) is 2.79. The van der Waals surface area contributed by atoms with Crippen LogP contribution in [0.4, 0.5) is 4.39 Å². The van der Waals surface area contributed by atoms with Crippen molar-refractivity contribution in [2.24, 2.45) is 0 Å². The summed E-state index contributed by atoms with van der Waals surface area (Å²) in [5.41, 5.74) is 0.594. The molecule has 0 saturated carbocycles. The van der Waals surface area contributed by atoms with Gasteiger partial charge in [-0.3, -0.25) is 4.79 Å². The van der Waals surface area contributed by atoms with E-state index in [1.165, 1.54) is 24.3 Å². The van der Waals surface area contributed by atoms with E-state index in [4.69, 9.17) is 25.5 Å². The van der Waals surface area contributed by atoms with E-state index in [-0.39, 0.29) is 51.5 Å². The van der Waals surface area contributed by atoms with Gasteiger partial charge >= 0.3 is 5.97 Å². The molecular formula is C25H17BrClFO5. The summed E-state index contributed by atoms with van der Waals surface area (Å²) in [6, 6.07) is 15.9. The van der Waals surface area contributed by atoms with Gasteiger partial charge in [0, 0.05) is 16.1 Å². The zero-order valence-corrected chi connectivity index (χ0v) is 19.7. The fraction of sp³-hybridized carbons (Fsp3) is 0.120. The number of esters is 1. The van der Waals surface area contributed by atoms with E-state index in [0.29, 0.717) is 11.3 Å². The molecular weight excluding hydrogens is 515 g/mol. The molecule has 8 heteroatoms. The van der Waals surface area contributed by atoms with Gasteiger partial charge in [-0.25, -0.2) is 9.18 Å². The molecule has 168 valence electrons. The molecule has 0 radical (unpaired) electrons. The van der Waals surface area contributed by atoms with Crippen LogP contribution < -0.4 is 10.2 Å². The smallest absolute Gasteiger partial charge is 0.375 e. The number of hydrogen-bond acceptors (Lipinski definition) is 5. The standard InChI is InChI=1S/C25H17BrClFO5/c1-2-31-25(30)24-22(14-6-8-15(26)9-7-14)23(29)17-11-10-16(12-21(17)33-24)32-13-18-19(27)4-3-5-20(18)28/h3-12H,2,13H2,1H3. The van der Waals surface area contributed by atoms with Gasteiger partial charge in [0.25, 0.3) is 0 Å². The van der Waals surface area contributed by atoms with Gasteiger partial charge in [-0.2, -0.15) is 0 Å². The Morgan fingerprint density at radius 2 is 1.88 bits per heavy atom. The predicted octanol–water partition coefficient (Wildman–Crippen LogP) is 6.77. The molecule has 0 saturated heterocycles. The molecule has 0 aliphatic carbocycles. The van der Waals surface area contributed by atoms with Crippen LogP contribution in [0.25, 0.3) is 22.1 Å². The lowest BCUT2D eigenvalue weighted by Gasteiger charge is -2.12. The summed E-state index contributed by atoms with van der Waals surface area (Å²) < 4.78 is 31.5. The molecule has 3 aromatic carbocycles. The van der Waals surface area contributed by atoms with Gasteiger partial charge in [-0.1, -0.05) is 45.7 Å². The van der Waals surface area contributed by atoms with E-state index in [1.54, 1.807) is 43.3 Å². The third-order valence-electron chi connectivity index (χ3n) is 4.90.